The van der Waals surface area contributed by atoms with E-state index in [1.807, 2.05) is 5.16 Å². The van der Waals surface area contributed by atoms with Crippen LogP contribution in [0.3, 0.4) is 0 Å². The molecular weight excluding hydrogens is 216 g/mol. The van der Waals surface area contributed by atoms with Crippen molar-refractivity contribution in [2.75, 3.05) is 0 Å². The molecule has 0 aromatic heterocycles. The zero-order chi connectivity index (χ0) is 8.20. The van der Waals surface area contributed by atoms with E-state index < -0.39 is 9.70 Å². The van der Waals surface area contributed by atoms with E-state index >= 15 is 0 Å². The number of aliphatic imine (C=N–C) groups is 1. The number of thiocarbonyl (C=S) groups is 1. The summed E-state index contributed by atoms with van der Waals surface area (Å²) in [7, 11) is 0. The van der Waals surface area contributed by atoms with Gasteiger partial charge in [-0.2, -0.15) is 4.99 Å². The Balaban J connectivity index is 3.92. The summed E-state index contributed by atoms with van der Waals surface area (Å²) < 4.78 is -1.59. The molecule has 56 valence electrons. The molecule has 6 heteroatoms. The molecule has 10 heavy (non-hydrogen) atoms. The van der Waals surface area contributed by atoms with Crippen molar-refractivity contribution in [3.05, 3.63) is 0 Å². The highest BCUT2D eigenvalue weighted by molar-refractivity contribution is 7.78. The second kappa shape index (κ2) is 4.27. The van der Waals surface area contributed by atoms with Crippen molar-refractivity contribution < 1.29 is 4.79 Å². The second-order valence-electron chi connectivity index (χ2n) is 1.39. The highest BCUT2D eigenvalue weighted by Gasteiger charge is 2.23. The fourth-order valence-electron chi connectivity index (χ4n) is 0.262. The molecule has 1 amide bonds. The quantitative estimate of drug-likeness (QED) is 0.384. The number of nitrogens with zero attached hydrogens (tertiary/aromatic N) is 1. The SMILES string of the molecule is O=C(CC(Cl)(Cl)Cl)N=C=S. The van der Waals surface area contributed by atoms with E-state index in [9.17, 15) is 4.79 Å². The van der Waals surface area contributed by atoms with Crippen LogP contribution in [-0.4, -0.2) is 14.9 Å². The first kappa shape index (κ1) is 10.3. The maximum absolute atomic E-state index is 10.5. The Morgan fingerprint density at radius 1 is 1.60 bits per heavy atom. The maximum Gasteiger partial charge on any atom is 0.258 e. The number of hydrogen-bond donors (Lipinski definition) is 0. The van der Waals surface area contributed by atoms with Gasteiger partial charge in [0.1, 0.15) is 0 Å². The van der Waals surface area contributed by atoms with E-state index in [0.717, 1.165) is 0 Å². The monoisotopic (exact) mass is 217 g/mol. The molecule has 0 heterocycles. The van der Waals surface area contributed by atoms with Crippen LogP contribution in [0, 0.1) is 0 Å². The van der Waals surface area contributed by atoms with Crippen LogP contribution >= 0.6 is 47.0 Å². The van der Waals surface area contributed by atoms with Crippen molar-refractivity contribution in [1.82, 2.24) is 0 Å². The van der Waals surface area contributed by atoms with Crippen LogP contribution in [0.5, 0.6) is 0 Å². The van der Waals surface area contributed by atoms with Crippen LogP contribution in [0.25, 0.3) is 0 Å². The predicted octanol–water partition coefficient (Wildman–Crippen LogP) is 2.38. The number of amides is 1. The zero-order valence-corrected chi connectivity index (χ0v) is 7.69. The number of alkyl halides is 3. The smallest absolute Gasteiger partial charge is 0.258 e. The molecule has 0 spiro atoms. The van der Waals surface area contributed by atoms with Crippen LogP contribution in [0.2, 0.25) is 0 Å². The number of rotatable bonds is 1. The van der Waals surface area contributed by atoms with Gasteiger partial charge in [-0.05, 0) is 12.2 Å². The molecule has 0 radical (unpaired) electrons. The fourth-order valence-corrected chi connectivity index (χ4v) is 0.707. The normalized spacial score (nSPS) is 10.3. The van der Waals surface area contributed by atoms with Crippen molar-refractivity contribution in [2.45, 2.75) is 10.2 Å². The van der Waals surface area contributed by atoms with E-state index in [0.29, 0.717) is 0 Å². The van der Waals surface area contributed by atoms with E-state index in [1.165, 1.54) is 0 Å². The van der Waals surface area contributed by atoms with Crippen molar-refractivity contribution >= 4 is 58.1 Å². The Morgan fingerprint density at radius 3 is 2.40 bits per heavy atom. The van der Waals surface area contributed by atoms with E-state index in [-0.39, 0.29) is 6.42 Å². The topological polar surface area (TPSA) is 29.4 Å². The lowest BCUT2D eigenvalue weighted by atomic mass is 10.5. The molecule has 0 aromatic rings. The minimum absolute atomic E-state index is 0.276. The zero-order valence-electron chi connectivity index (χ0n) is 4.60. The highest BCUT2D eigenvalue weighted by atomic mass is 35.6. The van der Waals surface area contributed by atoms with Gasteiger partial charge in [-0.25, -0.2) is 0 Å². The third-order valence-corrected chi connectivity index (χ3v) is 1.01. The lowest BCUT2D eigenvalue weighted by molar-refractivity contribution is -0.117. The van der Waals surface area contributed by atoms with Crippen LogP contribution in [0.1, 0.15) is 6.42 Å². The molecule has 0 aromatic carbocycles. The third-order valence-electron chi connectivity index (χ3n) is 0.522. The van der Waals surface area contributed by atoms with Gasteiger partial charge in [0, 0.05) is 0 Å². The Morgan fingerprint density at radius 2 is 2.10 bits per heavy atom. The molecule has 0 saturated heterocycles. The van der Waals surface area contributed by atoms with Crippen LogP contribution in [-0.2, 0) is 4.79 Å². The average molecular weight is 218 g/mol. The van der Waals surface area contributed by atoms with Gasteiger partial charge < -0.3 is 0 Å². The highest BCUT2D eigenvalue weighted by Crippen LogP contribution is 2.29. The minimum atomic E-state index is -1.59. The lowest BCUT2D eigenvalue weighted by Crippen LogP contribution is -2.08. The molecule has 2 nitrogen and oxygen atoms in total. The lowest BCUT2D eigenvalue weighted by Gasteiger charge is -2.04. The molecular formula is C4H2Cl3NOS. The van der Waals surface area contributed by atoms with Gasteiger partial charge in [-0.15, -0.1) is 0 Å². The van der Waals surface area contributed by atoms with Gasteiger partial charge in [-0.3, -0.25) is 4.79 Å². The summed E-state index contributed by atoms with van der Waals surface area (Å²) in [5.41, 5.74) is 0. The summed E-state index contributed by atoms with van der Waals surface area (Å²) >= 11 is 19.9. The number of halogens is 3. The summed E-state index contributed by atoms with van der Waals surface area (Å²) in [5, 5.41) is 1.87. The molecule has 0 atom stereocenters. The van der Waals surface area contributed by atoms with Crippen molar-refractivity contribution in [3.8, 4) is 0 Å². The first-order chi connectivity index (χ1) is 4.45. The molecule has 0 aliphatic carbocycles. The molecule has 0 rings (SSSR count). The third kappa shape index (κ3) is 6.46. The molecule has 0 N–H and O–H groups in total. The maximum atomic E-state index is 10.5. The van der Waals surface area contributed by atoms with Gasteiger partial charge in [0.05, 0.1) is 11.6 Å². The van der Waals surface area contributed by atoms with E-state index in [2.05, 4.69) is 17.2 Å². The molecule has 0 fully saturated rings. The van der Waals surface area contributed by atoms with Gasteiger partial charge >= 0.3 is 0 Å². The van der Waals surface area contributed by atoms with E-state index in [4.69, 9.17) is 34.8 Å². The Bertz CT molecular complexity index is 181. The Kier molecular flexibility index (Phi) is 4.41. The predicted molar refractivity (Wildman–Crippen MR) is 44.9 cm³/mol. The van der Waals surface area contributed by atoms with Crippen molar-refractivity contribution in [3.63, 3.8) is 0 Å². The summed E-state index contributed by atoms with van der Waals surface area (Å²) in [6.07, 6.45) is -0.276. The summed E-state index contributed by atoms with van der Waals surface area (Å²) in [6.45, 7) is 0. The standard InChI is InChI=1S/C4H2Cl3NOS/c5-4(6,7)1-3(9)8-2-10/h1H2. The summed E-state index contributed by atoms with van der Waals surface area (Å²) in [6, 6.07) is 0. The molecule has 0 aliphatic rings. The van der Waals surface area contributed by atoms with Crippen LogP contribution < -0.4 is 0 Å². The molecule has 0 unspecified atom stereocenters. The average Bonchev–Trinajstić information content (AvgIpc) is 1.59. The number of isothiocyanates is 1. The Labute approximate surface area is 78.2 Å². The van der Waals surface area contributed by atoms with E-state index in [1.54, 1.807) is 0 Å². The first-order valence-corrected chi connectivity index (χ1v) is 3.67. The van der Waals surface area contributed by atoms with Gasteiger partial charge in [0.25, 0.3) is 5.91 Å². The molecule has 0 saturated carbocycles. The van der Waals surface area contributed by atoms with Gasteiger partial charge in [-0.1, -0.05) is 34.8 Å². The van der Waals surface area contributed by atoms with Crippen LogP contribution in [0.4, 0.5) is 0 Å². The second-order valence-corrected chi connectivity index (χ2v) is 4.09. The van der Waals surface area contributed by atoms with Gasteiger partial charge in [0.2, 0.25) is 0 Å². The van der Waals surface area contributed by atoms with Crippen molar-refractivity contribution in [1.29, 1.82) is 0 Å². The fraction of sp³-hybridized carbons (Fsp3) is 0.500. The number of hydrogen-bond acceptors (Lipinski definition) is 2. The number of carbonyl (C=O) groups excluding carboxylic acids is 1. The van der Waals surface area contributed by atoms with Crippen LogP contribution in [0.15, 0.2) is 4.99 Å². The first-order valence-electron chi connectivity index (χ1n) is 2.13. The molecule has 0 bridgehead atoms. The number of carbonyl (C=O) groups is 1. The van der Waals surface area contributed by atoms with Gasteiger partial charge in [0.15, 0.2) is 3.79 Å². The summed E-state index contributed by atoms with van der Waals surface area (Å²) in [5.74, 6) is -0.588. The Hall–Kier alpha value is 0.340. The largest absolute Gasteiger partial charge is 0.272 e. The van der Waals surface area contributed by atoms with Crippen molar-refractivity contribution in [2.24, 2.45) is 4.99 Å². The summed E-state index contributed by atoms with van der Waals surface area (Å²) in [4.78, 5) is 13.6. The minimum Gasteiger partial charge on any atom is -0.272 e. The molecule has 0 aliphatic heterocycles.